The van der Waals surface area contributed by atoms with E-state index in [1.807, 2.05) is 0 Å². The summed E-state index contributed by atoms with van der Waals surface area (Å²) >= 11 is 0. The summed E-state index contributed by atoms with van der Waals surface area (Å²) in [6.45, 7) is -2.53. The molecule has 0 aliphatic heterocycles. The molecule has 0 aliphatic carbocycles. The van der Waals surface area contributed by atoms with E-state index in [4.69, 9.17) is 6.85 Å². The maximum atomic E-state index is 11.9. The van der Waals surface area contributed by atoms with Gasteiger partial charge in [-0.3, -0.25) is 9.36 Å². The zero-order valence-corrected chi connectivity index (χ0v) is 8.38. The number of ether oxygens (including phenoxy) is 1. The Labute approximate surface area is 101 Å². The molecule has 2 rings (SSSR count). The molecule has 0 N–H and O–H groups in total. The van der Waals surface area contributed by atoms with Crippen LogP contribution < -0.4 is 5.56 Å². The summed E-state index contributed by atoms with van der Waals surface area (Å²) in [4.78, 5) is 11.9. The Kier molecular flexibility index (Phi) is 1.79. The van der Waals surface area contributed by atoms with Gasteiger partial charge in [-0.15, -0.1) is 0 Å². The third-order valence-corrected chi connectivity index (χ3v) is 2.11. The highest BCUT2D eigenvalue weighted by atomic mass is 16.5. The molecular weight excluding hydrogens is 202 g/mol. The van der Waals surface area contributed by atoms with Crippen LogP contribution in [0.15, 0.2) is 53.5 Å². The van der Waals surface area contributed by atoms with Gasteiger partial charge in [0, 0.05) is 25.0 Å². The lowest BCUT2D eigenvalue weighted by Gasteiger charge is -2.07. The van der Waals surface area contributed by atoms with Crippen molar-refractivity contribution in [2.75, 3.05) is 7.04 Å². The fourth-order valence-electron chi connectivity index (χ4n) is 1.40. The topological polar surface area (TPSA) is 31.2 Å². The molecule has 0 bridgehead atoms. The Hall–Kier alpha value is -1.87. The zero-order valence-electron chi connectivity index (χ0n) is 13.4. The van der Waals surface area contributed by atoms with E-state index >= 15 is 0 Å². The average molecular weight is 220 g/mol. The first-order valence-electron chi connectivity index (χ1n) is 7.18. The largest absolute Gasteiger partial charge is 0.380 e. The third-order valence-electron chi connectivity index (χ3n) is 2.11. The summed E-state index contributed by atoms with van der Waals surface area (Å²) in [7, 11) is -2.88. The molecule has 0 fully saturated rings. The molecule has 82 valence electrons. The van der Waals surface area contributed by atoms with Gasteiger partial charge in [0.25, 0.3) is 5.56 Å². The van der Waals surface area contributed by atoms with Gasteiger partial charge in [-0.25, -0.2) is 0 Å². The third kappa shape index (κ3) is 2.20. The molecule has 1 heterocycles. The molecule has 0 aliphatic rings. The smallest absolute Gasteiger partial charge is 0.255 e. The van der Waals surface area contributed by atoms with Gasteiger partial charge in [-0.1, -0.05) is 18.2 Å². The van der Waals surface area contributed by atoms with Crippen LogP contribution in [0.25, 0.3) is 5.69 Å². The number of aromatic nitrogens is 1. The summed E-state index contributed by atoms with van der Waals surface area (Å²) in [5, 5.41) is 0. The Morgan fingerprint density at radius 3 is 2.88 bits per heavy atom. The van der Waals surface area contributed by atoms with E-state index in [1.165, 1.54) is 22.9 Å². The minimum atomic E-state index is -2.88. The predicted octanol–water partition coefficient (Wildman–Crippen LogP) is 1.98. The van der Waals surface area contributed by atoms with Crippen LogP contribution in [0.3, 0.4) is 0 Å². The predicted molar refractivity (Wildman–Crippen MR) is 62.8 cm³/mol. The molecule has 0 saturated heterocycles. The lowest BCUT2D eigenvalue weighted by Crippen LogP contribution is -2.17. The van der Waals surface area contributed by atoms with Crippen LogP contribution in [0.5, 0.6) is 0 Å². The van der Waals surface area contributed by atoms with Crippen molar-refractivity contribution < 1.29 is 11.6 Å². The average Bonchev–Trinajstić information content (AvgIpc) is 2.37. The highest BCUT2D eigenvalue weighted by Crippen LogP contribution is 2.06. The fourth-order valence-corrected chi connectivity index (χ4v) is 1.40. The second-order valence-electron chi connectivity index (χ2n) is 3.17. The number of nitrogens with zero attached hydrogens (tertiary/aromatic N) is 1. The van der Waals surface area contributed by atoms with Crippen molar-refractivity contribution in [1.29, 1.82) is 0 Å². The molecule has 16 heavy (non-hydrogen) atoms. The molecule has 0 saturated carbocycles. The maximum Gasteiger partial charge on any atom is 0.255 e. The Morgan fingerprint density at radius 1 is 1.31 bits per heavy atom. The standard InChI is InChI=1S/C13H13NO2/c1-16-10-11-7-8-13(15)14(9-11)12-5-3-2-4-6-12/h2-9H,10H2,1H3/i1D3,10D2. The van der Waals surface area contributed by atoms with E-state index in [9.17, 15) is 4.79 Å². The van der Waals surface area contributed by atoms with Gasteiger partial charge in [0.15, 0.2) is 0 Å². The Bertz CT molecular complexity index is 679. The molecule has 1 aromatic heterocycles. The van der Waals surface area contributed by atoms with Crippen molar-refractivity contribution in [3.05, 3.63) is 64.6 Å². The normalized spacial score (nSPS) is 16.6. The highest BCUT2D eigenvalue weighted by molar-refractivity contribution is 5.32. The molecule has 0 radical (unpaired) electrons. The van der Waals surface area contributed by atoms with Crippen LogP contribution in [0.1, 0.15) is 12.4 Å². The molecule has 1 aromatic carbocycles. The van der Waals surface area contributed by atoms with Crippen molar-refractivity contribution in [1.82, 2.24) is 4.57 Å². The van der Waals surface area contributed by atoms with E-state index in [0.717, 1.165) is 0 Å². The molecule has 0 atom stereocenters. The zero-order chi connectivity index (χ0) is 15.7. The molecule has 0 unspecified atom stereocenters. The van der Waals surface area contributed by atoms with Gasteiger partial charge in [0.05, 0.1) is 13.4 Å². The Balaban J connectivity index is 2.47. The van der Waals surface area contributed by atoms with Crippen LogP contribution in [-0.2, 0) is 11.3 Å². The van der Waals surface area contributed by atoms with E-state index in [2.05, 4.69) is 4.74 Å². The van der Waals surface area contributed by atoms with Crippen molar-refractivity contribution in [2.45, 2.75) is 6.56 Å². The lowest BCUT2D eigenvalue weighted by molar-refractivity contribution is 0.184. The van der Waals surface area contributed by atoms with Gasteiger partial charge in [-0.05, 0) is 23.8 Å². The second kappa shape index (κ2) is 4.77. The summed E-state index contributed by atoms with van der Waals surface area (Å²) in [6.07, 6.45) is 1.24. The first-order chi connectivity index (χ1) is 9.69. The minimum Gasteiger partial charge on any atom is -0.380 e. The van der Waals surface area contributed by atoms with Crippen molar-refractivity contribution in [2.24, 2.45) is 0 Å². The number of benzene rings is 1. The molecule has 3 nitrogen and oxygen atoms in total. The second-order valence-corrected chi connectivity index (χ2v) is 3.17. The number of rotatable bonds is 3. The maximum absolute atomic E-state index is 11.9. The van der Waals surface area contributed by atoms with Gasteiger partial charge in [0.2, 0.25) is 0 Å². The molecule has 0 spiro atoms. The molecular formula is C13H13NO2. The quantitative estimate of drug-likeness (QED) is 0.792. The van der Waals surface area contributed by atoms with Crippen LogP contribution in [0.4, 0.5) is 0 Å². The van der Waals surface area contributed by atoms with Gasteiger partial charge >= 0.3 is 0 Å². The first-order valence-corrected chi connectivity index (χ1v) is 4.68. The fraction of sp³-hybridized carbons (Fsp3) is 0.154. The SMILES string of the molecule is [2H]C([2H])([2H])OC([2H])([2H])c1ccc(=O)n(-c2ccccc2)c1. The van der Waals surface area contributed by atoms with Crippen LogP contribution in [0, 0.1) is 0 Å². The number of hydrogen-bond acceptors (Lipinski definition) is 2. The number of hydrogen-bond donors (Lipinski definition) is 0. The lowest BCUT2D eigenvalue weighted by atomic mass is 10.2. The van der Waals surface area contributed by atoms with E-state index in [0.29, 0.717) is 5.69 Å². The van der Waals surface area contributed by atoms with Crippen molar-refractivity contribution >= 4 is 0 Å². The summed E-state index contributed by atoms with van der Waals surface area (Å²) in [5.41, 5.74) is 0.144. The summed E-state index contributed by atoms with van der Waals surface area (Å²) in [6, 6.07) is 11.0. The van der Waals surface area contributed by atoms with Crippen LogP contribution in [0.2, 0.25) is 0 Å². The molecule has 3 heteroatoms. The number of methoxy groups -OCH3 is 1. The van der Waals surface area contributed by atoms with Gasteiger partial charge in [0.1, 0.15) is 0 Å². The highest BCUT2D eigenvalue weighted by Gasteiger charge is 2.00. The van der Waals surface area contributed by atoms with Gasteiger partial charge < -0.3 is 4.74 Å². The first kappa shape index (κ1) is 6.01. The monoisotopic (exact) mass is 220 g/mol. The van der Waals surface area contributed by atoms with E-state index in [-0.39, 0.29) is 11.1 Å². The van der Waals surface area contributed by atoms with Gasteiger partial charge in [-0.2, -0.15) is 0 Å². The summed E-state index contributed by atoms with van der Waals surface area (Å²) in [5.74, 6) is 0. The number of pyridine rings is 1. The molecule has 2 aromatic rings. The minimum absolute atomic E-state index is 0.0536. The van der Waals surface area contributed by atoms with E-state index < -0.39 is 13.6 Å². The number of para-hydroxylation sites is 1. The van der Waals surface area contributed by atoms with Crippen LogP contribution >= 0.6 is 0 Å². The molecule has 0 amide bonds. The van der Waals surface area contributed by atoms with Crippen molar-refractivity contribution in [3.8, 4) is 5.69 Å². The summed E-state index contributed by atoms with van der Waals surface area (Å²) < 4.78 is 42.1. The Morgan fingerprint density at radius 2 is 2.12 bits per heavy atom. The van der Waals surface area contributed by atoms with E-state index in [1.54, 1.807) is 30.3 Å². The van der Waals surface area contributed by atoms with Crippen molar-refractivity contribution in [3.63, 3.8) is 0 Å². The van der Waals surface area contributed by atoms with Crippen LogP contribution in [-0.4, -0.2) is 11.6 Å².